The molecule has 0 heterocycles. The first-order chi connectivity index (χ1) is 3.95. The van der Waals surface area contributed by atoms with Gasteiger partial charge in [0, 0.05) is 0 Å². The van der Waals surface area contributed by atoms with Crippen molar-refractivity contribution in [3.8, 4) is 0 Å². The molecule has 8 heavy (non-hydrogen) atoms. The van der Waals surface area contributed by atoms with E-state index in [4.69, 9.17) is 0 Å². The average Bonchev–Trinajstić information content (AvgIpc) is 2.12. The number of hydrogen-bond donors (Lipinski definition) is 0. The first-order valence-electron chi connectivity index (χ1n) is 3.15. The minimum Gasteiger partial charge on any atom is -0.0842 e. The molecule has 0 fully saturated rings. The first-order valence-corrected chi connectivity index (χ1v) is 3.15. The van der Waals surface area contributed by atoms with Gasteiger partial charge in [0.05, 0.1) is 0 Å². The molecule has 0 N–H and O–H groups in total. The van der Waals surface area contributed by atoms with Crippen LogP contribution in [-0.2, 0) is 0 Å². The summed E-state index contributed by atoms with van der Waals surface area (Å²) in [6.45, 7) is 0. The van der Waals surface area contributed by atoms with E-state index in [1.165, 1.54) is 6.42 Å². The van der Waals surface area contributed by atoms with E-state index in [9.17, 15) is 0 Å². The van der Waals surface area contributed by atoms with Crippen LogP contribution in [0.2, 0.25) is 0 Å². The topological polar surface area (TPSA) is 0 Å². The van der Waals surface area contributed by atoms with Crippen LogP contribution in [0.5, 0.6) is 0 Å². The van der Waals surface area contributed by atoms with Gasteiger partial charge in [0.1, 0.15) is 0 Å². The molecule has 0 aromatic rings. The Balaban J connectivity index is 2.28. The number of hydrogen-bond acceptors (Lipinski definition) is 0. The fourth-order valence-electron chi connectivity index (χ4n) is 1.39. The molecule has 2 aliphatic carbocycles. The van der Waals surface area contributed by atoms with Gasteiger partial charge in [-0.25, -0.2) is 0 Å². The van der Waals surface area contributed by atoms with E-state index in [1.54, 1.807) is 0 Å². The second-order valence-corrected chi connectivity index (χ2v) is 2.53. The molecular weight excluding hydrogens is 96.1 g/mol. The summed E-state index contributed by atoms with van der Waals surface area (Å²) in [5.41, 5.74) is 0. The molecular formula is C8H9. The lowest BCUT2D eigenvalue weighted by Gasteiger charge is -2.10. The third-order valence-electron chi connectivity index (χ3n) is 1.87. The molecule has 2 rings (SSSR count). The quantitative estimate of drug-likeness (QED) is 0.413. The van der Waals surface area contributed by atoms with Gasteiger partial charge in [-0.05, 0) is 24.7 Å². The van der Waals surface area contributed by atoms with E-state index in [0.29, 0.717) is 0 Å². The van der Waals surface area contributed by atoms with Crippen molar-refractivity contribution < 1.29 is 0 Å². The minimum atomic E-state index is 0.769. The molecule has 0 heteroatoms. The summed E-state index contributed by atoms with van der Waals surface area (Å²) in [6.07, 6.45) is 12.6. The van der Waals surface area contributed by atoms with Crippen molar-refractivity contribution in [2.75, 3.05) is 0 Å². The zero-order valence-corrected chi connectivity index (χ0v) is 4.75. The monoisotopic (exact) mass is 105 g/mol. The number of fused-ring (bicyclic) bond motifs is 2. The Morgan fingerprint density at radius 3 is 2.62 bits per heavy atom. The molecule has 0 aliphatic heterocycles. The molecule has 2 aliphatic rings. The highest BCUT2D eigenvalue weighted by Crippen LogP contribution is 2.30. The zero-order chi connectivity index (χ0) is 5.40. The third kappa shape index (κ3) is 0.525. The largest absolute Gasteiger partial charge is 0.0842 e. The number of allylic oxidation sites excluding steroid dienone is 4. The van der Waals surface area contributed by atoms with Gasteiger partial charge in [-0.15, -0.1) is 0 Å². The molecule has 0 aromatic carbocycles. The van der Waals surface area contributed by atoms with Gasteiger partial charge in [-0.3, -0.25) is 0 Å². The smallest absolute Gasteiger partial charge is 0.00475 e. The molecule has 41 valence electrons. The van der Waals surface area contributed by atoms with Crippen molar-refractivity contribution in [1.29, 1.82) is 0 Å². The third-order valence-corrected chi connectivity index (χ3v) is 1.87. The van der Waals surface area contributed by atoms with Gasteiger partial charge >= 0.3 is 0 Å². The van der Waals surface area contributed by atoms with Crippen LogP contribution >= 0.6 is 0 Å². The standard InChI is InChI=1S/C8H9/c1-2-7-4-5-8(3-1)6-7/h1-5,7-8H,6H2. The highest BCUT2D eigenvalue weighted by atomic mass is 14.2. The SMILES string of the molecule is [CH]1C=CC2C=CC1C2. The van der Waals surface area contributed by atoms with Gasteiger partial charge in [-0.1, -0.05) is 24.3 Å². The predicted molar refractivity (Wildman–Crippen MR) is 34.2 cm³/mol. The van der Waals surface area contributed by atoms with E-state index >= 15 is 0 Å². The van der Waals surface area contributed by atoms with Crippen LogP contribution in [0.15, 0.2) is 24.3 Å². The molecule has 0 nitrogen and oxygen atoms in total. The molecule has 1 radical (unpaired) electrons. The van der Waals surface area contributed by atoms with Crippen LogP contribution < -0.4 is 0 Å². The van der Waals surface area contributed by atoms with Crippen LogP contribution in [0.25, 0.3) is 0 Å². The second kappa shape index (κ2) is 1.48. The summed E-state index contributed by atoms with van der Waals surface area (Å²) in [5, 5.41) is 0. The van der Waals surface area contributed by atoms with Crippen LogP contribution in [0.4, 0.5) is 0 Å². The summed E-state index contributed by atoms with van der Waals surface area (Å²) in [4.78, 5) is 0. The second-order valence-electron chi connectivity index (χ2n) is 2.53. The first kappa shape index (κ1) is 4.37. The van der Waals surface area contributed by atoms with Crippen LogP contribution in [-0.4, -0.2) is 0 Å². The molecule has 0 saturated heterocycles. The minimum absolute atomic E-state index is 0.769. The van der Waals surface area contributed by atoms with Gasteiger partial charge in [0.25, 0.3) is 0 Å². The zero-order valence-electron chi connectivity index (χ0n) is 4.75. The molecule has 2 unspecified atom stereocenters. The fraction of sp³-hybridized carbons (Fsp3) is 0.375. The summed E-state index contributed by atoms with van der Waals surface area (Å²) in [5.74, 6) is 1.54. The van der Waals surface area contributed by atoms with E-state index in [2.05, 4.69) is 30.7 Å². The normalized spacial score (nSPS) is 41.0. The van der Waals surface area contributed by atoms with Crippen molar-refractivity contribution in [2.24, 2.45) is 11.8 Å². The summed E-state index contributed by atoms with van der Waals surface area (Å²) >= 11 is 0. The molecule has 0 saturated carbocycles. The van der Waals surface area contributed by atoms with Crippen LogP contribution in [0.1, 0.15) is 6.42 Å². The van der Waals surface area contributed by atoms with Crippen LogP contribution in [0.3, 0.4) is 0 Å². The molecule has 0 aromatic heterocycles. The average molecular weight is 105 g/mol. The van der Waals surface area contributed by atoms with Gasteiger partial charge in [-0.2, -0.15) is 0 Å². The summed E-state index contributed by atoms with van der Waals surface area (Å²) in [6, 6.07) is 0. The molecule has 0 spiro atoms. The van der Waals surface area contributed by atoms with Crippen molar-refractivity contribution in [1.82, 2.24) is 0 Å². The van der Waals surface area contributed by atoms with E-state index in [-0.39, 0.29) is 0 Å². The molecule has 2 bridgehead atoms. The Kier molecular flexibility index (Phi) is 0.806. The van der Waals surface area contributed by atoms with Crippen molar-refractivity contribution >= 4 is 0 Å². The van der Waals surface area contributed by atoms with E-state index in [1.807, 2.05) is 0 Å². The van der Waals surface area contributed by atoms with Gasteiger partial charge in [0.2, 0.25) is 0 Å². The summed E-state index contributed by atoms with van der Waals surface area (Å²) < 4.78 is 0. The lowest BCUT2D eigenvalue weighted by Crippen LogP contribution is -1.99. The van der Waals surface area contributed by atoms with Gasteiger partial charge in [0.15, 0.2) is 0 Å². The summed E-state index contributed by atoms with van der Waals surface area (Å²) in [7, 11) is 0. The maximum atomic E-state index is 2.30. The van der Waals surface area contributed by atoms with Crippen molar-refractivity contribution in [3.05, 3.63) is 30.7 Å². The predicted octanol–water partition coefficient (Wildman–Crippen LogP) is 1.95. The van der Waals surface area contributed by atoms with Crippen LogP contribution in [0, 0.1) is 18.3 Å². The Morgan fingerprint density at radius 1 is 1.00 bits per heavy atom. The highest BCUT2D eigenvalue weighted by Gasteiger charge is 2.18. The molecule has 2 atom stereocenters. The maximum absolute atomic E-state index is 2.30. The van der Waals surface area contributed by atoms with E-state index < -0.39 is 0 Å². The van der Waals surface area contributed by atoms with Crippen molar-refractivity contribution in [2.45, 2.75) is 6.42 Å². The number of rotatable bonds is 0. The Hall–Kier alpha value is -0.520. The lowest BCUT2D eigenvalue weighted by atomic mass is 9.94. The lowest BCUT2D eigenvalue weighted by molar-refractivity contribution is 0.634. The molecule has 0 amide bonds. The maximum Gasteiger partial charge on any atom is -0.00475 e. The fourth-order valence-corrected chi connectivity index (χ4v) is 1.39. The Morgan fingerprint density at radius 2 is 1.88 bits per heavy atom. The highest BCUT2D eigenvalue weighted by molar-refractivity contribution is 5.21. The van der Waals surface area contributed by atoms with Crippen molar-refractivity contribution in [3.63, 3.8) is 0 Å². The Bertz CT molecular complexity index is 140. The van der Waals surface area contributed by atoms with E-state index in [0.717, 1.165) is 11.8 Å². The van der Waals surface area contributed by atoms with Gasteiger partial charge < -0.3 is 0 Å². The Labute approximate surface area is 49.9 Å².